The number of benzene rings is 1. The predicted molar refractivity (Wildman–Crippen MR) is 79.0 cm³/mol. The molecule has 0 amide bonds. The third-order valence-corrected chi connectivity index (χ3v) is 3.57. The fraction of sp³-hybridized carbons (Fsp3) is 0.529. The topological polar surface area (TPSA) is 21.8 Å². The van der Waals surface area contributed by atoms with Gasteiger partial charge in [-0.3, -0.25) is 0 Å². The van der Waals surface area contributed by atoms with Crippen LogP contribution in [-0.4, -0.2) is 19.0 Å². The molecule has 1 aliphatic rings. The van der Waals surface area contributed by atoms with Crippen molar-refractivity contribution in [3.05, 3.63) is 42.0 Å². The van der Waals surface area contributed by atoms with Crippen molar-refractivity contribution in [2.24, 2.45) is 0 Å². The van der Waals surface area contributed by atoms with Crippen LogP contribution in [0.1, 0.15) is 43.7 Å². The fourth-order valence-corrected chi connectivity index (χ4v) is 2.18. The van der Waals surface area contributed by atoms with Crippen molar-refractivity contribution in [1.82, 2.24) is 0 Å². The summed E-state index contributed by atoms with van der Waals surface area (Å²) >= 11 is 0. The van der Waals surface area contributed by atoms with Crippen molar-refractivity contribution in [1.29, 1.82) is 0 Å². The van der Waals surface area contributed by atoms with E-state index in [0.717, 1.165) is 32.5 Å². The Kier molecular flexibility index (Phi) is 5.17. The number of epoxide rings is 1. The van der Waals surface area contributed by atoms with Crippen LogP contribution in [0.25, 0.3) is 6.08 Å². The summed E-state index contributed by atoms with van der Waals surface area (Å²) in [7, 11) is 0. The summed E-state index contributed by atoms with van der Waals surface area (Å²) in [6, 6.07) is 8.54. The van der Waals surface area contributed by atoms with Gasteiger partial charge in [-0.2, -0.15) is 0 Å². The van der Waals surface area contributed by atoms with Crippen LogP contribution in [0.2, 0.25) is 0 Å². The van der Waals surface area contributed by atoms with Gasteiger partial charge in [-0.25, -0.2) is 0 Å². The second-order valence-electron chi connectivity index (χ2n) is 5.20. The monoisotopic (exact) mass is 260 g/mol. The minimum Gasteiger partial charge on any atom is -0.348 e. The Morgan fingerprint density at radius 1 is 1.32 bits per heavy atom. The Bertz CT molecular complexity index is 390. The lowest BCUT2D eigenvalue weighted by Gasteiger charge is -2.12. The van der Waals surface area contributed by atoms with E-state index in [-0.39, 0.29) is 5.79 Å². The van der Waals surface area contributed by atoms with E-state index in [1.807, 2.05) is 6.08 Å². The van der Waals surface area contributed by atoms with Crippen molar-refractivity contribution in [3.8, 4) is 0 Å². The van der Waals surface area contributed by atoms with Gasteiger partial charge in [0, 0.05) is 6.42 Å². The second kappa shape index (κ2) is 6.88. The van der Waals surface area contributed by atoms with Gasteiger partial charge >= 0.3 is 0 Å². The standard InChI is InChI=1S/C17H24O2/c1-3-5-12-17(14-19-17)18-13-6-7-16-10-8-15(4-2)9-11-16/h4,8-11H,2-3,5-7,12-14H2,1H3. The van der Waals surface area contributed by atoms with Crippen molar-refractivity contribution >= 4 is 6.08 Å². The van der Waals surface area contributed by atoms with Crippen molar-refractivity contribution in [2.75, 3.05) is 13.2 Å². The Hall–Kier alpha value is -1.12. The summed E-state index contributed by atoms with van der Waals surface area (Å²) in [5.74, 6) is -0.220. The highest BCUT2D eigenvalue weighted by atomic mass is 16.8. The number of ether oxygens (including phenoxy) is 2. The molecule has 1 aliphatic heterocycles. The van der Waals surface area contributed by atoms with Gasteiger partial charge in [-0.1, -0.05) is 50.3 Å². The summed E-state index contributed by atoms with van der Waals surface area (Å²) in [6.07, 6.45) is 7.39. The van der Waals surface area contributed by atoms with Crippen LogP contribution in [0.3, 0.4) is 0 Å². The van der Waals surface area contributed by atoms with Gasteiger partial charge in [0.25, 0.3) is 0 Å². The molecular weight excluding hydrogens is 236 g/mol. The highest BCUT2D eigenvalue weighted by Crippen LogP contribution is 2.34. The van der Waals surface area contributed by atoms with Crippen molar-refractivity contribution in [2.45, 2.75) is 44.8 Å². The van der Waals surface area contributed by atoms with E-state index in [4.69, 9.17) is 9.47 Å². The van der Waals surface area contributed by atoms with E-state index in [1.165, 1.54) is 24.0 Å². The first-order valence-corrected chi connectivity index (χ1v) is 7.27. The molecule has 0 aliphatic carbocycles. The molecule has 0 spiro atoms. The lowest BCUT2D eigenvalue weighted by Crippen LogP contribution is -2.17. The van der Waals surface area contributed by atoms with E-state index in [1.54, 1.807) is 0 Å². The number of hydrogen-bond donors (Lipinski definition) is 0. The van der Waals surface area contributed by atoms with E-state index in [0.29, 0.717) is 0 Å². The second-order valence-corrected chi connectivity index (χ2v) is 5.20. The molecule has 1 aromatic carbocycles. The van der Waals surface area contributed by atoms with E-state index >= 15 is 0 Å². The normalized spacial score (nSPS) is 21.3. The molecular formula is C17H24O2. The van der Waals surface area contributed by atoms with Crippen molar-refractivity contribution < 1.29 is 9.47 Å². The Morgan fingerprint density at radius 3 is 2.63 bits per heavy atom. The molecule has 0 radical (unpaired) electrons. The summed E-state index contributed by atoms with van der Waals surface area (Å²) in [5.41, 5.74) is 2.53. The molecule has 1 aromatic rings. The maximum absolute atomic E-state index is 5.87. The fourth-order valence-electron chi connectivity index (χ4n) is 2.18. The molecule has 1 saturated heterocycles. The molecule has 1 unspecified atom stereocenters. The zero-order valence-electron chi connectivity index (χ0n) is 11.9. The Balaban J connectivity index is 1.65. The van der Waals surface area contributed by atoms with Gasteiger partial charge in [0.2, 0.25) is 0 Å². The van der Waals surface area contributed by atoms with Crippen LogP contribution in [0.5, 0.6) is 0 Å². The molecule has 1 fully saturated rings. The lowest BCUT2D eigenvalue weighted by molar-refractivity contribution is -0.0505. The molecule has 0 N–H and O–H groups in total. The molecule has 2 rings (SSSR count). The number of unbranched alkanes of at least 4 members (excludes halogenated alkanes) is 1. The molecule has 0 saturated carbocycles. The zero-order valence-corrected chi connectivity index (χ0v) is 11.9. The molecule has 1 heterocycles. The molecule has 2 nitrogen and oxygen atoms in total. The summed E-state index contributed by atoms with van der Waals surface area (Å²) < 4.78 is 11.3. The average Bonchev–Trinajstić information content (AvgIpc) is 3.23. The maximum atomic E-state index is 5.87. The predicted octanol–water partition coefficient (Wildman–Crippen LogP) is 4.20. The molecule has 0 bridgehead atoms. The third-order valence-electron chi connectivity index (χ3n) is 3.57. The van der Waals surface area contributed by atoms with Crippen LogP contribution >= 0.6 is 0 Å². The molecule has 104 valence electrons. The third kappa shape index (κ3) is 4.48. The quantitative estimate of drug-likeness (QED) is 0.490. The molecule has 1 atom stereocenters. The van der Waals surface area contributed by atoms with Gasteiger partial charge in [0.1, 0.15) is 6.61 Å². The van der Waals surface area contributed by atoms with Gasteiger partial charge in [-0.05, 0) is 30.4 Å². The number of aryl methyl sites for hydroxylation is 1. The summed E-state index contributed by atoms with van der Waals surface area (Å²) in [4.78, 5) is 0. The van der Waals surface area contributed by atoms with Crippen LogP contribution in [-0.2, 0) is 15.9 Å². The average molecular weight is 260 g/mol. The first-order valence-electron chi connectivity index (χ1n) is 7.27. The lowest BCUT2D eigenvalue weighted by atomic mass is 10.1. The minimum absolute atomic E-state index is 0.220. The van der Waals surface area contributed by atoms with Gasteiger partial charge < -0.3 is 9.47 Å². The first-order chi connectivity index (χ1) is 9.28. The van der Waals surface area contributed by atoms with Crippen LogP contribution < -0.4 is 0 Å². The van der Waals surface area contributed by atoms with Gasteiger partial charge in [0.05, 0.1) is 6.61 Å². The smallest absolute Gasteiger partial charge is 0.192 e. The summed E-state index contributed by atoms with van der Waals surface area (Å²) in [5, 5.41) is 0. The molecule has 0 aromatic heterocycles. The minimum atomic E-state index is -0.220. The van der Waals surface area contributed by atoms with Crippen LogP contribution in [0.4, 0.5) is 0 Å². The summed E-state index contributed by atoms with van der Waals surface area (Å²) in [6.45, 7) is 7.52. The molecule has 19 heavy (non-hydrogen) atoms. The molecule has 2 heteroatoms. The SMILES string of the molecule is C=Cc1ccc(CCCOC2(CCCC)CO2)cc1. The van der Waals surface area contributed by atoms with Gasteiger partial charge in [0.15, 0.2) is 5.79 Å². The van der Waals surface area contributed by atoms with Crippen LogP contribution in [0, 0.1) is 0 Å². The van der Waals surface area contributed by atoms with E-state index in [9.17, 15) is 0 Å². The first kappa shape index (κ1) is 14.3. The van der Waals surface area contributed by atoms with Crippen molar-refractivity contribution in [3.63, 3.8) is 0 Å². The number of rotatable bonds is 9. The highest BCUT2D eigenvalue weighted by Gasteiger charge is 2.45. The van der Waals surface area contributed by atoms with Crippen LogP contribution in [0.15, 0.2) is 30.8 Å². The largest absolute Gasteiger partial charge is 0.348 e. The highest BCUT2D eigenvalue weighted by molar-refractivity contribution is 5.47. The number of hydrogen-bond acceptors (Lipinski definition) is 2. The Labute approximate surface area is 116 Å². The maximum Gasteiger partial charge on any atom is 0.192 e. The van der Waals surface area contributed by atoms with Gasteiger partial charge in [-0.15, -0.1) is 0 Å². The Morgan fingerprint density at radius 2 is 2.05 bits per heavy atom. The zero-order chi connectivity index (χ0) is 13.6. The van der Waals surface area contributed by atoms with E-state index < -0.39 is 0 Å². The van der Waals surface area contributed by atoms with E-state index in [2.05, 4.69) is 37.8 Å².